The number of Topliss-reactive ketones (excluding diaryl/α,β-unsaturated/α-hetero) is 1. The van der Waals surface area contributed by atoms with Crippen LogP contribution in [0.25, 0.3) is 0 Å². The van der Waals surface area contributed by atoms with Crippen LogP contribution in [0.15, 0.2) is 41.8 Å². The Balaban J connectivity index is 1.94. The SMILES string of the molecule is COC(=O)c1ccc2c(c1)CCCC(C1=CCC(C)C=C1F)C2=O. The molecule has 24 heavy (non-hydrogen) atoms. The Kier molecular flexibility index (Phi) is 4.65. The first kappa shape index (κ1) is 16.6. The fourth-order valence-corrected chi connectivity index (χ4v) is 3.53. The van der Waals surface area contributed by atoms with Crippen molar-refractivity contribution in [2.75, 3.05) is 7.11 Å². The van der Waals surface area contributed by atoms with Crippen LogP contribution in [-0.2, 0) is 11.2 Å². The summed E-state index contributed by atoms with van der Waals surface area (Å²) in [5, 5.41) is 0. The van der Waals surface area contributed by atoms with E-state index in [1.807, 2.05) is 13.0 Å². The van der Waals surface area contributed by atoms with Crippen molar-refractivity contribution < 1.29 is 18.7 Å². The number of carbonyl (C=O) groups excluding carboxylic acids is 2. The van der Waals surface area contributed by atoms with Gasteiger partial charge in [0.25, 0.3) is 0 Å². The normalized spacial score (nSPS) is 23.7. The van der Waals surface area contributed by atoms with Gasteiger partial charge in [-0.25, -0.2) is 9.18 Å². The number of benzene rings is 1. The van der Waals surface area contributed by atoms with Crippen LogP contribution < -0.4 is 0 Å². The number of ketones is 1. The van der Waals surface area contributed by atoms with Crippen molar-refractivity contribution >= 4 is 11.8 Å². The Bertz CT molecular complexity index is 745. The van der Waals surface area contributed by atoms with Gasteiger partial charge in [-0.2, -0.15) is 0 Å². The Hall–Kier alpha value is -2.23. The second kappa shape index (κ2) is 6.71. The van der Waals surface area contributed by atoms with Crippen molar-refractivity contribution in [3.05, 3.63) is 58.4 Å². The highest BCUT2D eigenvalue weighted by Crippen LogP contribution is 2.36. The molecule has 0 saturated heterocycles. The molecule has 2 unspecified atom stereocenters. The van der Waals surface area contributed by atoms with Gasteiger partial charge in [0.05, 0.1) is 12.7 Å². The van der Waals surface area contributed by atoms with Crippen LogP contribution in [0.3, 0.4) is 0 Å². The topological polar surface area (TPSA) is 43.4 Å². The van der Waals surface area contributed by atoms with E-state index in [0.717, 1.165) is 18.4 Å². The van der Waals surface area contributed by atoms with Crippen molar-refractivity contribution in [2.45, 2.75) is 32.6 Å². The van der Waals surface area contributed by atoms with E-state index in [1.165, 1.54) is 7.11 Å². The minimum Gasteiger partial charge on any atom is -0.465 e. The maximum atomic E-state index is 14.4. The molecule has 1 aromatic rings. The van der Waals surface area contributed by atoms with Crippen LogP contribution in [0, 0.1) is 11.8 Å². The standard InChI is InChI=1S/C20H21FO3/c1-12-6-8-16(18(21)10-12)17-5-3-4-13-11-14(20(23)24-2)7-9-15(13)19(17)22/h7-12,17H,3-6H2,1-2H3. The van der Waals surface area contributed by atoms with Gasteiger partial charge in [-0.3, -0.25) is 4.79 Å². The zero-order valence-corrected chi connectivity index (χ0v) is 14.0. The van der Waals surface area contributed by atoms with Crippen LogP contribution in [0.4, 0.5) is 4.39 Å². The Morgan fingerprint density at radius 1 is 1.33 bits per heavy atom. The molecule has 0 fully saturated rings. The lowest BCUT2D eigenvalue weighted by Crippen LogP contribution is -2.19. The van der Waals surface area contributed by atoms with Crippen LogP contribution in [-0.4, -0.2) is 18.9 Å². The summed E-state index contributed by atoms with van der Waals surface area (Å²) in [7, 11) is 1.33. The quantitative estimate of drug-likeness (QED) is 0.596. The molecule has 1 aromatic carbocycles. The third-order valence-corrected chi connectivity index (χ3v) is 4.84. The summed E-state index contributed by atoms with van der Waals surface area (Å²) in [6, 6.07) is 5.01. The third kappa shape index (κ3) is 3.05. The average molecular weight is 328 g/mol. The first-order valence-electron chi connectivity index (χ1n) is 8.34. The number of rotatable bonds is 2. The van der Waals surface area contributed by atoms with Crippen LogP contribution in [0.2, 0.25) is 0 Å². The van der Waals surface area contributed by atoms with Crippen molar-refractivity contribution in [3.8, 4) is 0 Å². The summed E-state index contributed by atoms with van der Waals surface area (Å²) in [4.78, 5) is 24.6. The molecular weight excluding hydrogens is 307 g/mol. The van der Waals surface area contributed by atoms with Crippen LogP contribution in [0.1, 0.15) is 52.5 Å². The molecule has 0 N–H and O–H groups in total. The minimum absolute atomic E-state index is 0.0525. The highest BCUT2D eigenvalue weighted by molar-refractivity contribution is 6.02. The number of hydrogen-bond acceptors (Lipinski definition) is 3. The molecule has 0 aromatic heterocycles. The lowest BCUT2D eigenvalue weighted by atomic mass is 9.83. The molecule has 0 heterocycles. The number of methoxy groups -OCH3 is 1. The minimum atomic E-state index is -0.432. The maximum absolute atomic E-state index is 14.4. The number of halogens is 1. The predicted octanol–water partition coefficient (Wildman–Crippen LogP) is 4.43. The fraction of sp³-hybridized carbons (Fsp3) is 0.400. The van der Waals surface area contributed by atoms with Gasteiger partial charge >= 0.3 is 5.97 Å². The van der Waals surface area contributed by atoms with Crippen molar-refractivity contribution in [3.63, 3.8) is 0 Å². The second-order valence-corrected chi connectivity index (χ2v) is 6.56. The molecule has 3 nitrogen and oxygen atoms in total. The summed E-state index contributed by atoms with van der Waals surface area (Å²) in [5.41, 5.74) is 2.42. The molecule has 0 bridgehead atoms. The second-order valence-electron chi connectivity index (χ2n) is 6.56. The van der Waals surface area contributed by atoms with Crippen molar-refractivity contribution in [2.24, 2.45) is 11.8 Å². The average Bonchev–Trinajstić information content (AvgIpc) is 2.73. The van der Waals surface area contributed by atoms with Crippen molar-refractivity contribution in [1.82, 2.24) is 0 Å². The fourth-order valence-electron chi connectivity index (χ4n) is 3.53. The summed E-state index contributed by atoms with van der Waals surface area (Å²) in [5.74, 6) is -0.988. The Morgan fingerprint density at radius 2 is 2.12 bits per heavy atom. The number of fused-ring (bicyclic) bond motifs is 1. The van der Waals surface area contributed by atoms with Crippen molar-refractivity contribution in [1.29, 1.82) is 0 Å². The summed E-state index contributed by atoms with van der Waals surface area (Å²) in [6.07, 6.45) is 6.36. The lowest BCUT2D eigenvalue weighted by Gasteiger charge is -2.21. The smallest absolute Gasteiger partial charge is 0.337 e. The number of carbonyl (C=O) groups is 2. The van der Waals surface area contributed by atoms with Gasteiger partial charge in [0.15, 0.2) is 5.78 Å². The van der Waals surface area contributed by atoms with E-state index >= 15 is 0 Å². The molecule has 2 atom stereocenters. The van der Waals surface area contributed by atoms with Crippen LogP contribution in [0.5, 0.6) is 0 Å². The van der Waals surface area contributed by atoms with Gasteiger partial charge < -0.3 is 4.74 Å². The lowest BCUT2D eigenvalue weighted by molar-refractivity contribution is 0.0600. The number of ether oxygens (including phenoxy) is 1. The Labute approximate surface area is 141 Å². The Morgan fingerprint density at radius 3 is 2.83 bits per heavy atom. The number of allylic oxidation sites excluding steroid dienone is 4. The molecule has 126 valence electrons. The van der Waals surface area contributed by atoms with E-state index in [2.05, 4.69) is 0 Å². The molecule has 0 amide bonds. The molecule has 0 radical (unpaired) electrons. The first-order chi connectivity index (χ1) is 11.5. The zero-order valence-electron chi connectivity index (χ0n) is 14.0. The largest absolute Gasteiger partial charge is 0.465 e. The third-order valence-electron chi connectivity index (χ3n) is 4.84. The molecule has 2 aliphatic carbocycles. The predicted molar refractivity (Wildman–Crippen MR) is 89.6 cm³/mol. The molecule has 0 aliphatic heterocycles. The van der Waals surface area contributed by atoms with E-state index in [4.69, 9.17) is 4.74 Å². The number of esters is 1. The molecule has 3 rings (SSSR count). The number of hydrogen-bond donors (Lipinski definition) is 0. The molecule has 4 heteroatoms. The summed E-state index contributed by atoms with van der Waals surface area (Å²) >= 11 is 0. The van der Waals surface area contributed by atoms with E-state index in [9.17, 15) is 14.0 Å². The molecule has 0 saturated carbocycles. The van der Waals surface area contributed by atoms with Crippen LogP contribution >= 0.6 is 0 Å². The van der Waals surface area contributed by atoms with E-state index < -0.39 is 11.9 Å². The van der Waals surface area contributed by atoms with Gasteiger partial charge in [0.2, 0.25) is 0 Å². The van der Waals surface area contributed by atoms with Gasteiger partial charge in [0.1, 0.15) is 5.83 Å². The molecular formula is C20H21FO3. The van der Waals surface area contributed by atoms with Gasteiger partial charge in [-0.1, -0.05) is 19.1 Å². The highest BCUT2D eigenvalue weighted by Gasteiger charge is 2.31. The zero-order chi connectivity index (χ0) is 17.3. The molecule has 2 aliphatic rings. The van der Waals surface area contributed by atoms with Gasteiger partial charge in [0, 0.05) is 11.5 Å². The van der Waals surface area contributed by atoms with Gasteiger partial charge in [-0.15, -0.1) is 0 Å². The summed E-state index contributed by atoms with van der Waals surface area (Å²) < 4.78 is 19.1. The summed E-state index contributed by atoms with van der Waals surface area (Å²) in [6.45, 7) is 1.96. The number of aryl methyl sites for hydroxylation is 1. The first-order valence-corrected chi connectivity index (χ1v) is 8.34. The maximum Gasteiger partial charge on any atom is 0.337 e. The van der Waals surface area contributed by atoms with Gasteiger partial charge in [-0.05, 0) is 60.9 Å². The monoisotopic (exact) mass is 328 g/mol. The highest BCUT2D eigenvalue weighted by atomic mass is 19.1. The molecule has 0 spiro atoms. The van der Waals surface area contributed by atoms with E-state index in [0.29, 0.717) is 29.5 Å². The van der Waals surface area contributed by atoms with E-state index in [-0.39, 0.29) is 17.5 Å². The van der Waals surface area contributed by atoms with E-state index in [1.54, 1.807) is 24.3 Å².